The summed E-state index contributed by atoms with van der Waals surface area (Å²) in [5.74, 6) is -0.181. The number of benzene rings is 1. The predicted molar refractivity (Wildman–Crippen MR) is 71.0 cm³/mol. The van der Waals surface area contributed by atoms with Crippen LogP contribution in [0.2, 0.25) is 12.1 Å². The Bertz CT molecular complexity index is 473. The van der Waals surface area contributed by atoms with E-state index >= 15 is 0 Å². The second kappa shape index (κ2) is 4.35. The molecule has 3 nitrogen and oxygen atoms in total. The van der Waals surface area contributed by atoms with Crippen molar-refractivity contribution in [2.24, 2.45) is 0 Å². The molecule has 3 rings (SSSR count). The molecule has 1 aromatic rings. The molecular formula is C14H16NO2Si. The summed E-state index contributed by atoms with van der Waals surface area (Å²) in [4.78, 5) is 26.2. The van der Waals surface area contributed by atoms with Crippen molar-refractivity contribution in [2.45, 2.75) is 37.5 Å². The van der Waals surface area contributed by atoms with Crippen LogP contribution in [0.3, 0.4) is 0 Å². The van der Waals surface area contributed by atoms with Gasteiger partial charge in [-0.1, -0.05) is 37.1 Å². The van der Waals surface area contributed by atoms with Crippen molar-refractivity contribution in [3.8, 4) is 0 Å². The summed E-state index contributed by atoms with van der Waals surface area (Å²) < 4.78 is 0. The quantitative estimate of drug-likeness (QED) is 0.604. The van der Waals surface area contributed by atoms with Crippen LogP contribution in [-0.2, 0) is 0 Å². The van der Waals surface area contributed by atoms with Crippen LogP contribution >= 0.6 is 0 Å². The fraction of sp³-hybridized carbons (Fsp3) is 0.429. The highest BCUT2D eigenvalue weighted by molar-refractivity contribution is 6.62. The summed E-state index contributed by atoms with van der Waals surface area (Å²) in [6, 6.07) is 9.63. The molecule has 2 amide bonds. The van der Waals surface area contributed by atoms with Crippen LogP contribution in [0.15, 0.2) is 24.3 Å². The molecule has 1 fully saturated rings. The third kappa shape index (κ3) is 1.63. The normalized spacial score (nSPS) is 21.5. The number of fused-ring (bicyclic) bond motifs is 1. The van der Waals surface area contributed by atoms with Gasteiger partial charge >= 0.3 is 0 Å². The van der Waals surface area contributed by atoms with Crippen LogP contribution in [0.1, 0.15) is 40.5 Å². The first kappa shape index (κ1) is 11.7. The molecule has 0 spiro atoms. The van der Waals surface area contributed by atoms with Gasteiger partial charge in [-0.15, -0.1) is 0 Å². The zero-order valence-electron chi connectivity index (χ0n) is 10.5. The van der Waals surface area contributed by atoms with Crippen LogP contribution in [0, 0.1) is 0 Å². The van der Waals surface area contributed by atoms with Gasteiger partial charge in [0.1, 0.15) is 0 Å². The second-order valence-corrected chi connectivity index (χ2v) is 8.22. The van der Waals surface area contributed by atoms with Crippen LogP contribution in [0.4, 0.5) is 0 Å². The van der Waals surface area contributed by atoms with E-state index in [1.165, 1.54) is 29.8 Å². The van der Waals surface area contributed by atoms with Crippen LogP contribution in [0.5, 0.6) is 0 Å². The molecule has 93 valence electrons. The molecule has 18 heavy (non-hydrogen) atoms. The number of amides is 2. The standard InChI is InChI=1S/C14H16NO2Si/c1-10(18-8-4-5-9-18)15-13(16)11-6-2-3-7-12(11)14(15)17/h2-3,6-7,10H,4-5,8-9H2,1H3. The molecule has 1 unspecified atom stereocenters. The number of nitrogens with zero attached hydrogens (tertiary/aromatic N) is 1. The summed E-state index contributed by atoms with van der Waals surface area (Å²) in [6.07, 6.45) is 2.53. The van der Waals surface area contributed by atoms with Gasteiger partial charge in [0.05, 0.1) is 19.9 Å². The lowest BCUT2D eigenvalue weighted by atomic mass is 10.1. The first-order valence-electron chi connectivity index (χ1n) is 6.51. The Morgan fingerprint density at radius 1 is 1.06 bits per heavy atom. The van der Waals surface area contributed by atoms with Crippen molar-refractivity contribution in [3.05, 3.63) is 35.4 Å². The molecule has 1 aromatic carbocycles. The molecule has 4 heteroatoms. The van der Waals surface area contributed by atoms with E-state index in [9.17, 15) is 9.59 Å². The summed E-state index contributed by atoms with van der Waals surface area (Å²) in [5, 5.41) is 0. The van der Waals surface area contributed by atoms with Crippen molar-refractivity contribution in [1.29, 1.82) is 0 Å². The molecule has 2 heterocycles. The van der Waals surface area contributed by atoms with Crippen molar-refractivity contribution >= 4 is 20.6 Å². The van der Waals surface area contributed by atoms with Gasteiger partial charge in [0.25, 0.3) is 11.8 Å². The van der Waals surface area contributed by atoms with E-state index in [0.717, 1.165) is 0 Å². The summed E-state index contributed by atoms with van der Waals surface area (Å²) in [7, 11) is -0.571. The van der Waals surface area contributed by atoms with Crippen molar-refractivity contribution < 1.29 is 9.59 Å². The zero-order chi connectivity index (χ0) is 12.7. The Morgan fingerprint density at radius 2 is 1.56 bits per heavy atom. The Labute approximate surface area is 108 Å². The van der Waals surface area contributed by atoms with Gasteiger partial charge in [0.2, 0.25) is 0 Å². The van der Waals surface area contributed by atoms with E-state index < -0.39 is 8.80 Å². The molecule has 1 radical (unpaired) electrons. The first-order chi connectivity index (χ1) is 8.70. The molecule has 0 aliphatic carbocycles. The minimum Gasteiger partial charge on any atom is -0.275 e. The average molecular weight is 258 g/mol. The Morgan fingerprint density at radius 3 is 2.06 bits per heavy atom. The molecule has 0 bridgehead atoms. The molecular weight excluding hydrogens is 242 g/mol. The number of imide groups is 1. The maximum atomic E-state index is 12.3. The van der Waals surface area contributed by atoms with Gasteiger partial charge in [-0.05, 0) is 19.1 Å². The maximum absolute atomic E-state index is 12.3. The smallest absolute Gasteiger partial charge is 0.261 e. The number of hydrogen-bond acceptors (Lipinski definition) is 2. The number of carbonyl (C=O) groups is 2. The minimum atomic E-state index is -0.571. The summed E-state index contributed by atoms with van der Waals surface area (Å²) >= 11 is 0. The number of rotatable bonds is 2. The largest absolute Gasteiger partial charge is 0.275 e. The van der Waals surface area contributed by atoms with Gasteiger partial charge in [0.15, 0.2) is 0 Å². The Kier molecular flexibility index (Phi) is 2.82. The topological polar surface area (TPSA) is 37.4 Å². The van der Waals surface area contributed by atoms with E-state index in [1.807, 2.05) is 12.1 Å². The van der Waals surface area contributed by atoms with Crippen molar-refractivity contribution in [2.75, 3.05) is 0 Å². The Balaban J connectivity index is 1.91. The molecule has 0 aromatic heterocycles. The summed E-state index contributed by atoms with van der Waals surface area (Å²) in [6.45, 7) is 2.06. The second-order valence-electron chi connectivity index (χ2n) is 5.07. The van der Waals surface area contributed by atoms with E-state index in [0.29, 0.717) is 11.1 Å². The molecule has 1 atom stereocenters. The lowest BCUT2D eigenvalue weighted by Gasteiger charge is -2.26. The predicted octanol–water partition coefficient (Wildman–Crippen LogP) is 2.50. The lowest BCUT2D eigenvalue weighted by molar-refractivity contribution is 0.0638. The highest BCUT2D eigenvalue weighted by Crippen LogP contribution is 2.30. The molecule has 0 saturated carbocycles. The number of carbonyl (C=O) groups excluding carboxylic acids is 2. The highest BCUT2D eigenvalue weighted by Gasteiger charge is 2.41. The van der Waals surface area contributed by atoms with Crippen molar-refractivity contribution in [1.82, 2.24) is 4.90 Å². The molecule has 0 N–H and O–H groups in total. The van der Waals surface area contributed by atoms with E-state index in [4.69, 9.17) is 0 Å². The number of hydrogen-bond donors (Lipinski definition) is 0. The fourth-order valence-electron chi connectivity index (χ4n) is 2.99. The molecule has 2 aliphatic rings. The van der Waals surface area contributed by atoms with E-state index in [-0.39, 0.29) is 17.5 Å². The van der Waals surface area contributed by atoms with Crippen LogP contribution < -0.4 is 0 Å². The van der Waals surface area contributed by atoms with E-state index in [2.05, 4.69) is 6.92 Å². The van der Waals surface area contributed by atoms with Gasteiger partial charge in [-0.25, -0.2) is 0 Å². The maximum Gasteiger partial charge on any atom is 0.261 e. The van der Waals surface area contributed by atoms with Gasteiger partial charge in [-0.3, -0.25) is 14.5 Å². The monoisotopic (exact) mass is 258 g/mol. The van der Waals surface area contributed by atoms with E-state index in [1.54, 1.807) is 12.1 Å². The van der Waals surface area contributed by atoms with Gasteiger partial charge in [-0.2, -0.15) is 0 Å². The van der Waals surface area contributed by atoms with Crippen molar-refractivity contribution in [3.63, 3.8) is 0 Å². The fourth-order valence-corrected chi connectivity index (χ4v) is 6.08. The highest BCUT2D eigenvalue weighted by atomic mass is 28.3. The van der Waals surface area contributed by atoms with Gasteiger partial charge < -0.3 is 0 Å². The average Bonchev–Trinajstić information content (AvgIpc) is 2.99. The van der Waals surface area contributed by atoms with Crippen LogP contribution in [-0.4, -0.2) is 31.2 Å². The van der Waals surface area contributed by atoms with Crippen LogP contribution in [0.25, 0.3) is 0 Å². The van der Waals surface area contributed by atoms with Gasteiger partial charge in [0, 0.05) is 5.67 Å². The SMILES string of the molecule is CC(N1C(=O)c2ccccc2C1=O)[Si]1CCCC1. The third-order valence-electron chi connectivity index (χ3n) is 4.05. The zero-order valence-corrected chi connectivity index (χ0v) is 11.5. The first-order valence-corrected chi connectivity index (χ1v) is 8.51. The molecule has 2 aliphatic heterocycles. The third-order valence-corrected chi connectivity index (χ3v) is 7.48. The summed E-state index contributed by atoms with van der Waals surface area (Å²) in [5.41, 5.74) is 1.29. The minimum absolute atomic E-state index is 0.0903. The Hall–Kier alpha value is -1.42. The lowest BCUT2D eigenvalue weighted by Crippen LogP contribution is -2.46. The molecule has 1 saturated heterocycles.